The number of rotatable bonds is 9. The summed E-state index contributed by atoms with van der Waals surface area (Å²) in [5, 5.41) is 16.4. The summed E-state index contributed by atoms with van der Waals surface area (Å²) in [4.78, 5) is 16.3. The lowest BCUT2D eigenvalue weighted by atomic mass is 9.93. The SMILES string of the molecule is CCCCc1noc(CO)c1COc1ccc(C(=O)NC2CCC2)cn1. The number of nitrogens with one attached hydrogen (secondary N) is 1. The number of amides is 1. The molecule has 1 amide bonds. The monoisotopic (exact) mass is 359 g/mol. The quantitative estimate of drug-likeness (QED) is 0.714. The maximum absolute atomic E-state index is 12.1. The van der Waals surface area contributed by atoms with Gasteiger partial charge in [-0.25, -0.2) is 4.98 Å². The van der Waals surface area contributed by atoms with Crippen molar-refractivity contribution in [3.05, 3.63) is 40.9 Å². The van der Waals surface area contributed by atoms with Crippen LogP contribution in [0.1, 0.15) is 66.4 Å². The zero-order chi connectivity index (χ0) is 18.4. The Balaban J connectivity index is 1.59. The number of hydrogen-bond donors (Lipinski definition) is 2. The van der Waals surface area contributed by atoms with Gasteiger partial charge in [-0.05, 0) is 38.2 Å². The van der Waals surface area contributed by atoms with Gasteiger partial charge in [0.25, 0.3) is 5.91 Å². The van der Waals surface area contributed by atoms with Gasteiger partial charge in [0.2, 0.25) is 5.88 Å². The molecule has 2 aromatic rings. The second-order valence-corrected chi connectivity index (χ2v) is 6.57. The maximum atomic E-state index is 12.1. The van der Waals surface area contributed by atoms with Gasteiger partial charge in [-0.2, -0.15) is 0 Å². The molecule has 0 atom stereocenters. The van der Waals surface area contributed by atoms with Crippen molar-refractivity contribution in [2.45, 2.75) is 64.7 Å². The molecule has 7 heteroatoms. The molecule has 0 saturated heterocycles. The largest absolute Gasteiger partial charge is 0.473 e. The minimum Gasteiger partial charge on any atom is -0.473 e. The van der Waals surface area contributed by atoms with Gasteiger partial charge < -0.3 is 19.7 Å². The molecular formula is C19H25N3O4. The molecule has 1 aliphatic rings. The first-order valence-electron chi connectivity index (χ1n) is 9.18. The van der Waals surface area contributed by atoms with Crippen LogP contribution in [0.4, 0.5) is 0 Å². The summed E-state index contributed by atoms with van der Waals surface area (Å²) in [5.41, 5.74) is 2.11. The first-order valence-corrected chi connectivity index (χ1v) is 9.18. The van der Waals surface area contributed by atoms with Gasteiger partial charge in [0, 0.05) is 18.3 Å². The number of aryl methyl sites for hydroxylation is 1. The number of ether oxygens (including phenoxy) is 1. The molecule has 0 aromatic carbocycles. The van der Waals surface area contributed by atoms with Crippen LogP contribution >= 0.6 is 0 Å². The Morgan fingerprint density at radius 3 is 2.88 bits per heavy atom. The average molecular weight is 359 g/mol. The fourth-order valence-corrected chi connectivity index (χ4v) is 2.78. The molecule has 1 aliphatic carbocycles. The highest BCUT2D eigenvalue weighted by Gasteiger charge is 2.20. The maximum Gasteiger partial charge on any atom is 0.253 e. The second-order valence-electron chi connectivity index (χ2n) is 6.57. The van der Waals surface area contributed by atoms with Crippen LogP contribution in [-0.4, -0.2) is 27.2 Å². The number of hydrogen-bond acceptors (Lipinski definition) is 6. The van der Waals surface area contributed by atoms with Crippen molar-refractivity contribution < 1.29 is 19.2 Å². The van der Waals surface area contributed by atoms with Crippen LogP contribution in [0.15, 0.2) is 22.9 Å². The minimum absolute atomic E-state index is 0.0998. The molecule has 0 spiro atoms. The molecule has 0 bridgehead atoms. The van der Waals surface area contributed by atoms with E-state index in [1.165, 1.54) is 12.6 Å². The normalized spacial score (nSPS) is 14.1. The molecule has 1 saturated carbocycles. The number of unbranched alkanes of at least 4 members (excludes halogenated alkanes) is 1. The topological polar surface area (TPSA) is 97.5 Å². The van der Waals surface area contributed by atoms with Gasteiger partial charge in [0.15, 0.2) is 5.76 Å². The molecule has 3 rings (SSSR count). The Kier molecular flexibility index (Phi) is 6.22. The number of aromatic nitrogens is 2. The highest BCUT2D eigenvalue weighted by molar-refractivity contribution is 5.94. The van der Waals surface area contributed by atoms with E-state index in [2.05, 4.69) is 22.4 Å². The van der Waals surface area contributed by atoms with E-state index in [9.17, 15) is 9.90 Å². The molecule has 2 aromatic heterocycles. The minimum atomic E-state index is -0.217. The molecule has 0 aliphatic heterocycles. The average Bonchev–Trinajstić information content (AvgIpc) is 3.03. The van der Waals surface area contributed by atoms with Crippen molar-refractivity contribution in [2.75, 3.05) is 0 Å². The molecule has 2 N–H and O–H groups in total. The van der Waals surface area contributed by atoms with Crippen molar-refractivity contribution in [1.29, 1.82) is 0 Å². The number of aliphatic hydroxyl groups is 1. The zero-order valence-corrected chi connectivity index (χ0v) is 15.0. The predicted octanol–water partition coefficient (Wildman–Crippen LogP) is 2.77. The fourth-order valence-electron chi connectivity index (χ4n) is 2.78. The van der Waals surface area contributed by atoms with Gasteiger partial charge in [-0.3, -0.25) is 4.79 Å². The third kappa shape index (κ3) is 4.40. The molecular weight excluding hydrogens is 334 g/mol. The predicted molar refractivity (Wildman–Crippen MR) is 94.7 cm³/mol. The standard InChI is InChI=1S/C19H25N3O4/c1-2-3-7-16-15(17(11-23)26-22-16)12-25-18-9-8-13(10-20-18)19(24)21-14-5-4-6-14/h8-10,14,23H,2-7,11-12H2,1H3,(H,21,24). The zero-order valence-electron chi connectivity index (χ0n) is 15.0. The molecule has 0 radical (unpaired) electrons. The lowest BCUT2D eigenvalue weighted by Gasteiger charge is -2.26. The highest BCUT2D eigenvalue weighted by atomic mass is 16.5. The van der Waals surface area contributed by atoms with E-state index in [0.29, 0.717) is 23.2 Å². The van der Waals surface area contributed by atoms with Crippen LogP contribution in [0.25, 0.3) is 0 Å². The fraction of sp³-hybridized carbons (Fsp3) is 0.526. The van der Waals surface area contributed by atoms with E-state index >= 15 is 0 Å². The van der Waals surface area contributed by atoms with Crippen molar-refractivity contribution >= 4 is 5.91 Å². The van der Waals surface area contributed by atoms with Gasteiger partial charge in [-0.1, -0.05) is 18.5 Å². The first-order chi connectivity index (χ1) is 12.7. The van der Waals surface area contributed by atoms with Crippen molar-refractivity contribution in [1.82, 2.24) is 15.5 Å². The van der Waals surface area contributed by atoms with E-state index in [0.717, 1.165) is 43.4 Å². The summed E-state index contributed by atoms with van der Waals surface area (Å²) in [5.74, 6) is 0.738. The molecule has 2 heterocycles. The van der Waals surface area contributed by atoms with E-state index in [1.54, 1.807) is 12.1 Å². The van der Waals surface area contributed by atoms with Crippen LogP contribution in [0.5, 0.6) is 5.88 Å². The van der Waals surface area contributed by atoms with Crippen LogP contribution < -0.4 is 10.1 Å². The van der Waals surface area contributed by atoms with Crippen LogP contribution in [0, 0.1) is 0 Å². The smallest absolute Gasteiger partial charge is 0.253 e. The number of carbonyl (C=O) groups is 1. The van der Waals surface area contributed by atoms with Crippen LogP contribution in [0.3, 0.4) is 0 Å². The van der Waals surface area contributed by atoms with Crippen molar-refractivity contribution in [3.63, 3.8) is 0 Å². The Labute approximate surface area is 152 Å². The summed E-state index contributed by atoms with van der Waals surface area (Å²) >= 11 is 0. The Morgan fingerprint density at radius 2 is 2.27 bits per heavy atom. The van der Waals surface area contributed by atoms with Gasteiger partial charge in [-0.15, -0.1) is 0 Å². The molecule has 7 nitrogen and oxygen atoms in total. The molecule has 140 valence electrons. The van der Waals surface area contributed by atoms with E-state index in [4.69, 9.17) is 9.26 Å². The molecule has 26 heavy (non-hydrogen) atoms. The van der Waals surface area contributed by atoms with E-state index in [-0.39, 0.29) is 19.1 Å². The summed E-state index contributed by atoms with van der Waals surface area (Å²) in [7, 11) is 0. The number of aliphatic hydroxyl groups excluding tert-OH is 1. The summed E-state index contributed by atoms with van der Waals surface area (Å²) < 4.78 is 10.9. The van der Waals surface area contributed by atoms with Crippen molar-refractivity contribution in [2.24, 2.45) is 0 Å². The summed E-state index contributed by atoms with van der Waals surface area (Å²) in [6.07, 6.45) is 7.61. The first kappa shape index (κ1) is 18.4. The Morgan fingerprint density at radius 1 is 1.42 bits per heavy atom. The number of nitrogens with zero attached hydrogens (tertiary/aromatic N) is 2. The van der Waals surface area contributed by atoms with E-state index in [1.807, 2.05) is 0 Å². The van der Waals surface area contributed by atoms with Gasteiger partial charge >= 0.3 is 0 Å². The molecule has 1 fully saturated rings. The Bertz CT molecular complexity index is 723. The van der Waals surface area contributed by atoms with E-state index < -0.39 is 0 Å². The Hall–Kier alpha value is -2.41. The number of carbonyl (C=O) groups excluding carboxylic acids is 1. The number of pyridine rings is 1. The highest BCUT2D eigenvalue weighted by Crippen LogP contribution is 2.20. The second kappa shape index (κ2) is 8.80. The third-order valence-corrected chi connectivity index (χ3v) is 4.67. The van der Waals surface area contributed by atoms with Gasteiger partial charge in [0.1, 0.15) is 13.2 Å². The third-order valence-electron chi connectivity index (χ3n) is 4.67. The van der Waals surface area contributed by atoms with Gasteiger partial charge in [0.05, 0.1) is 16.8 Å². The van der Waals surface area contributed by atoms with Crippen molar-refractivity contribution in [3.8, 4) is 5.88 Å². The summed E-state index contributed by atoms with van der Waals surface area (Å²) in [6, 6.07) is 3.67. The molecule has 0 unspecified atom stereocenters. The van der Waals surface area contributed by atoms with Crippen LogP contribution in [0.2, 0.25) is 0 Å². The van der Waals surface area contributed by atoms with Crippen LogP contribution in [-0.2, 0) is 19.6 Å². The lowest BCUT2D eigenvalue weighted by Crippen LogP contribution is -2.39. The summed E-state index contributed by atoms with van der Waals surface area (Å²) in [6.45, 7) is 2.11. The lowest BCUT2D eigenvalue weighted by molar-refractivity contribution is 0.0916.